The molecule has 0 aromatic heterocycles. The predicted molar refractivity (Wildman–Crippen MR) is 40.9 cm³/mol. The Morgan fingerprint density at radius 1 is 1.70 bits per heavy atom. The molecule has 0 aromatic carbocycles. The van der Waals surface area contributed by atoms with E-state index in [1.165, 1.54) is 0 Å². The quantitative estimate of drug-likeness (QED) is 0.440. The van der Waals surface area contributed by atoms with Crippen LogP contribution in [0.5, 0.6) is 0 Å². The SMILES string of the molecule is CCC(/C=C(\C)C=O)OC. The van der Waals surface area contributed by atoms with Crippen molar-refractivity contribution in [2.75, 3.05) is 7.11 Å². The van der Waals surface area contributed by atoms with Gasteiger partial charge in [0.2, 0.25) is 0 Å². The molecule has 0 saturated carbocycles. The molecule has 0 heterocycles. The predicted octanol–water partition coefficient (Wildman–Crippen LogP) is 1.56. The molecule has 0 amide bonds. The lowest BCUT2D eigenvalue weighted by atomic mass is 10.2. The van der Waals surface area contributed by atoms with Crippen LogP contribution in [0.15, 0.2) is 11.6 Å². The number of carbonyl (C=O) groups excluding carboxylic acids is 1. The monoisotopic (exact) mass is 142 g/mol. The molecule has 0 N–H and O–H groups in total. The van der Waals surface area contributed by atoms with Crippen molar-refractivity contribution in [2.24, 2.45) is 0 Å². The molecule has 0 spiro atoms. The molecule has 0 bridgehead atoms. The van der Waals surface area contributed by atoms with Crippen molar-refractivity contribution in [3.05, 3.63) is 11.6 Å². The van der Waals surface area contributed by atoms with Gasteiger partial charge in [0, 0.05) is 7.11 Å². The Balaban J connectivity index is 3.92. The lowest BCUT2D eigenvalue weighted by Gasteiger charge is -2.06. The lowest BCUT2D eigenvalue weighted by Crippen LogP contribution is -2.05. The summed E-state index contributed by atoms with van der Waals surface area (Å²) in [6, 6.07) is 0. The Kier molecular flexibility index (Phi) is 4.85. The first kappa shape index (κ1) is 9.37. The number of rotatable bonds is 4. The summed E-state index contributed by atoms with van der Waals surface area (Å²) in [6.07, 6.45) is 3.65. The smallest absolute Gasteiger partial charge is 0.145 e. The zero-order chi connectivity index (χ0) is 7.98. The number of methoxy groups -OCH3 is 1. The highest BCUT2D eigenvalue weighted by Gasteiger charge is 1.98. The van der Waals surface area contributed by atoms with Crippen molar-refractivity contribution in [3.63, 3.8) is 0 Å². The summed E-state index contributed by atoms with van der Waals surface area (Å²) < 4.78 is 5.04. The van der Waals surface area contributed by atoms with Crippen LogP contribution in [-0.4, -0.2) is 19.5 Å². The van der Waals surface area contributed by atoms with Crippen molar-refractivity contribution in [3.8, 4) is 0 Å². The molecule has 0 radical (unpaired) electrons. The van der Waals surface area contributed by atoms with Gasteiger partial charge in [0.05, 0.1) is 6.10 Å². The third kappa shape index (κ3) is 3.41. The summed E-state index contributed by atoms with van der Waals surface area (Å²) in [7, 11) is 1.64. The van der Waals surface area contributed by atoms with E-state index in [0.717, 1.165) is 18.3 Å². The first-order chi connectivity index (χ1) is 4.74. The van der Waals surface area contributed by atoms with Gasteiger partial charge >= 0.3 is 0 Å². The second-order valence-corrected chi connectivity index (χ2v) is 2.21. The van der Waals surface area contributed by atoms with Gasteiger partial charge in [-0.2, -0.15) is 0 Å². The molecule has 0 aromatic rings. The average molecular weight is 142 g/mol. The highest BCUT2D eigenvalue weighted by molar-refractivity contribution is 5.72. The third-order valence-electron chi connectivity index (χ3n) is 1.34. The van der Waals surface area contributed by atoms with E-state index in [1.807, 2.05) is 13.0 Å². The summed E-state index contributed by atoms with van der Waals surface area (Å²) >= 11 is 0. The van der Waals surface area contributed by atoms with Gasteiger partial charge in [0.15, 0.2) is 0 Å². The van der Waals surface area contributed by atoms with E-state index in [2.05, 4.69) is 0 Å². The fraction of sp³-hybridized carbons (Fsp3) is 0.625. The van der Waals surface area contributed by atoms with Gasteiger partial charge in [-0.25, -0.2) is 0 Å². The number of ether oxygens (including phenoxy) is 1. The Labute approximate surface area is 61.9 Å². The van der Waals surface area contributed by atoms with Gasteiger partial charge in [-0.3, -0.25) is 4.79 Å². The molecule has 0 aliphatic carbocycles. The van der Waals surface area contributed by atoms with Crippen molar-refractivity contribution >= 4 is 6.29 Å². The number of hydrogen-bond donors (Lipinski definition) is 0. The summed E-state index contributed by atoms with van der Waals surface area (Å²) in [6.45, 7) is 3.79. The van der Waals surface area contributed by atoms with Crippen molar-refractivity contribution < 1.29 is 9.53 Å². The molecule has 0 aliphatic rings. The minimum atomic E-state index is 0.0881. The number of allylic oxidation sites excluding steroid dienone is 1. The molecule has 10 heavy (non-hydrogen) atoms. The van der Waals surface area contributed by atoms with Gasteiger partial charge in [0.25, 0.3) is 0 Å². The van der Waals surface area contributed by atoms with E-state index in [1.54, 1.807) is 14.0 Å². The first-order valence-corrected chi connectivity index (χ1v) is 3.41. The summed E-state index contributed by atoms with van der Waals surface area (Å²) in [5.41, 5.74) is 0.730. The molecule has 58 valence electrons. The van der Waals surface area contributed by atoms with Crippen molar-refractivity contribution in [2.45, 2.75) is 26.4 Å². The Bertz CT molecular complexity index is 123. The summed E-state index contributed by atoms with van der Waals surface area (Å²) in [4.78, 5) is 10.1. The summed E-state index contributed by atoms with van der Waals surface area (Å²) in [5, 5.41) is 0. The van der Waals surface area contributed by atoms with Crippen molar-refractivity contribution in [1.29, 1.82) is 0 Å². The van der Waals surface area contributed by atoms with E-state index in [4.69, 9.17) is 4.74 Å². The van der Waals surface area contributed by atoms with Gasteiger partial charge in [-0.1, -0.05) is 6.92 Å². The first-order valence-electron chi connectivity index (χ1n) is 3.41. The maximum atomic E-state index is 10.1. The zero-order valence-electron chi connectivity index (χ0n) is 6.76. The second kappa shape index (κ2) is 5.18. The third-order valence-corrected chi connectivity index (χ3v) is 1.34. The fourth-order valence-electron chi connectivity index (χ4n) is 0.685. The van der Waals surface area contributed by atoms with Crippen LogP contribution in [0.4, 0.5) is 0 Å². The highest BCUT2D eigenvalue weighted by Crippen LogP contribution is 2.00. The van der Waals surface area contributed by atoms with E-state index < -0.39 is 0 Å². The van der Waals surface area contributed by atoms with Gasteiger partial charge in [0.1, 0.15) is 6.29 Å². The second-order valence-electron chi connectivity index (χ2n) is 2.21. The molecule has 1 atom stereocenters. The van der Waals surface area contributed by atoms with Gasteiger partial charge in [-0.15, -0.1) is 0 Å². The van der Waals surface area contributed by atoms with Crippen LogP contribution in [-0.2, 0) is 9.53 Å². The van der Waals surface area contributed by atoms with E-state index in [0.29, 0.717) is 0 Å². The summed E-state index contributed by atoms with van der Waals surface area (Å²) in [5.74, 6) is 0. The lowest BCUT2D eigenvalue weighted by molar-refractivity contribution is -0.104. The molecular formula is C8H14O2. The van der Waals surface area contributed by atoms with Gasteiger partial charge < -0.3 is 4.74 Å². The zero-order valence-corrected chi connectivity index (χ0v) is 6.76. The minimum Gasteiger partial charge on any atom is -0.377 e. The largest absolute Gasteiger partial charge is 0.377 e. The highest BCUT2D eigenvalue weighted by atomic mass is 16.5. The topological polar surface area (TPSA) is 26.3 Å². The molecule has 0 aliphatic heterocycles. The van der Waals surface area contributed by atoms with Crippen LogP contribution in [0.1, 0.15) is 20.3 Å². The average Bonchev–Trinajstić information content (AvgIpc) is 1.99. The van der Waals surface area contributed by atoms with Crippen LogP contribution in [0.2, 0.25) is 0 Å². The molecular weight excluding hydrogens is 128 g/mol. The Hall–Kier alpha value is -0.630. The van der Waals surface area contributed by atoms with E-state index >= 15 is 0 Å². The molecule has 0 saturated heterocycles. The van der Waals surface area contributed by atoms with Crippen LogP contribution < -0.4 is 0 Å². The van der Waals surface area contributed by atoms with Crippen LogP contribution >= 0.6 is 0 Å². The maximum absolute atomic E-state index is 10.1. The number of aldehydes is 1. The standard InChI is InChI=1S/C8H14O2/c1-4-8(10-3)5-7(2)6-9/h5-6,8H,4H2,1-3H3/b7-5+. The van der Waals surface area contributed by atoms with Crippen LogP contribution in [0, 0.1) is 0 Å². The Morgan fingerprint density at radius 3 is 2.60 bits per heavy atom. The van der Waals surface area contributed by atoms with E-state index in [9.17, 15) is 4.79 Å². The maximum Gasteiger partial charge on any atom is 0.145 e. The number of carbonyl (C=O) groups is 1. The normalized spacial score (nSPS) is 14.9. The molecule has 2 nitrogen and oxygen atoms in total. The Morgan fingerprint density at radius 2 is 2.30 bits per heavy atom. The molecule has 0 fully saturated rings. The molecule has 2 heteroatoms. The van der Waals surface area contributed by atoms with Crippen LogP contribution in [0.25, 0.3) is 0 Å². The van der Waals surface area contributed by atoms with E-state index in [-0.39, 0.29) is 6.10 Å². The van der Waals surface area contributed by atoms with Crippen molar-refractivity contribution in [1.82, 2.24) is 0 Å². The molecule has 0 rings (SSSR count). The minimum absolute atomic E-state index is 0.0881. The molecule has 1 unspecified atom stereocenters. The van der Waals surface area contributed by atoms with Crippen LogP contribution in [0.3, 0.4) is 0 Å². The fourth-order valence-corrected chi connectivity index (χ4v) is 0.685. The number of hydrogen-bond acceptors (Lipinski definition) is 2. The van der Waals surface area contributed by atoms with Gasteiger partial charge in [-0.05, 0) is 25.0 Å².